The second-order valence-corrected chi connectivity index (χ2v) is 11.5. The molecule has 7 rings (SSSR count). The van der Waals surface area contributed by atoms with Crippen molar-refractivity contribution in [2.24, 2.45) is 23.7 Å². The van der Waals surface area contributed by atoms with E-state index in [1.807, 2.05) is 73.7 Å². The molecule has 0 aromatic heterocycles. The molecule has 41 heavy (non-hydrogen) atoms. The van der Waals surface area contributed by atoms with E-state index in [0.717, 1.165) is 16.1 Å². The van der Waals surface area contributed by atoms with E-state index in [-0.39, 0.29) is 35.8 Å². The number of carbonyl (C=O) groups is 4. The molecule has 6 atom stereocenters. The summed E-state index contributed by atoms with van der Waals surface area (Å²) in [5.74, 6) is -4.33. The van der Waals surface area contributed by atoms with Crippen LogP contribution in [-0.4, -0.2) is 33.7 Å². The summed E-state index contributed by atoms with van der Waals surface area (Å²) in [4.78, 5) is 55.0. The number of fused-ring (bicyclic) bond motifs is 4. The molecule has 0 spiro atoms. The number of aromatic hydroxyl groups is 1. The number of phenolic OH excluding ortho intramolecular Hbond substituents is 1. The molecule has 0 bridgehead atoms. The summed E-state index contributed by atoms with van der Waals surface area (Å²) in [6, 6.07) is 23.6. The number of benzene rings is 3. The second-order valence-electron chi connectivity index (χ2n) is 11.5. The first-order chi connectivity index (χ1) is 19.8. The number of allylic oxidation sites excluding steroid dienone is 2. The Morgan fingerprint density at radius 1 is 0.902 bits per heavy atom. The van der Waals surface area contributed by atoms with Gasteiger partial charge in [0.25, 0.3) is 11.8 Å². The third-order valence-electron chi connectivity index (χ3n) is 9.44. The molecule has 4 aliphatic rings. The Balaban J connectivity index is 1.46. The zero-order chi connectivity index (χ0) is 28.5. The number of hydrazine groups is 1. The Kier molecular flexibility index (Phi) is 5.64. The number of imide groups is 2. The van der Waals surface area contributed by atoms with E-state index in [0.29, 0.717) is 23.2 Å². The summed E-state index contributed by atoms with van der Waals surface area (Å²) >= 11 is 0. The van der Waals surface area contributed by atoms with Gasteiger partial charge in [-0.2, -0.15) is 5.01 Å². The highest BCUT2D eigenvalue weighted by atomic mass is 16.3. The van der Waals surface area contributed by atoms with E-state index in [1.54, 1.807) is 18.2 Å². The molecule has 8 heteroatoms. The molecule has 2 saturated heterocycles. The first-order valence-corrected chi connectivity index (χ1v) is 13.9. The molecule has 3 aromatic rings. The van der Waals surface area contributed by atoms with Crippen LogP contribution in [0.15, 0.2) is 90.5 Å². The van der Waals surface area contributed by atoms with Gasteiger partial charge in [0.2, 0.25) is 11.8 Å². The Morgan fingerprint density at radius 2 is 1.66 bits per heavy atom. The van der Waals surface area contributed by atoms with Gasteiger partial charge in [0.05, 0.1) is 28.9 Å². The minimum atomic E-state index is -1.34. The fourth-order valence-corrected chi connectivity index (χ4v) is 7.74. The topological polar surface area (TPSA) is 116 Å². The minimum absolute atomic E-state index is 0.0406. The van der Waals surface area contributed by atoms with E-state index in [4.69, 9.17) is 0 Å². The van der Waals surface area contributed by atoms with E-state index in [1.165, 1.54) is 0 Å². The van der Waals surface area contributed by atoms with Crippen molar-refractivity contribution in [3.05, 3.63) is 107 Å². The standard InChI is InChI=1S/C33H29N3O5/c1-18-10-12-21(13-11-18)35-36-31(40)26-17-25-23(14-15-24-27(25)30(39)34-29(24)38)28(19-6-5-9-22(37)16-19)33(26,32(36)41)20-7-3-2-4-8-20/h2-14,16,24-28,35,37H,15,17H2,1H3,(H,34,38,39). The molecule has 6 unspecified atom stereocenters. The normalized spacial score (nSPS) is 30.3. The Bertz CT molecular complexity index is 1630. The molecule has 8 nitrogen and oxygen atoms in total. The number of hydrogen-bond donors (Lipinski definition) is 3. The van der Waals surface area contributed by atoms with Crippen LogP contribution in [0.3, 0.4) is 0 Å². The van der Waals surface area contributed by atoms with Crippen molar-refractivity contribution in [3.8, 4) is 5.75 Å². The van der Waals surface area contributed by atoms with Crippen molar-refractivity contribution in [2.75, 3.05) is 5.43 Å². The van der Waals surface area contributed by atoms with E-state index in [9.17, 15) is 24.3 Å². The third-order valence-corrected chi connectivity index (χ3v) is 9.44. The fourth-order valence-electron chi connectivity index (χ4n) is 7.74. The van der Waals surface area contributed by atoms with E-state index in [2.05, 4.69) is 10.7 Å². The first kappa shape index (κ1) is 25.3. The smallest absolute Gasteiger partial charge is 0.260 e. The number of phenols is 1. The molecule has 3 fully saturated rings. The molecule has 3 aromatic carbocycles. The number of anilines is 1. The molecule has 2 aliphatic carbocycles. The van der Waals surface area contributed by atoms with E-state index >= 15 is 0 Å². The van der Waals surface area contributed by atoms with Gasteiger partial charge in [-0.25, -0.2) is 0 Å². The fraction of sp³-hybridized carbons (Fsp3) is 0.273. The number of carbonyl (C=O) groups excluding carboxylic acids is 4. The molecule has 3 N–H and O–H groups in total. The second kappa shape index (κ2) is 9.16. The van der Waals surface area contributed by atoms with Gasteiger partial charge in [0.1, 0.15) is 5.75 Å². The van der Waals surface area contributed by atoms with Gasteiger partial charge in [0.15, 0.2) is 0 Å². The zero-order valence-electron chi connectivity index (χ0n) is 22.4. The maximum atomic E-state index is 14.9. The van der Waals surface area contributed by atoms with Gasteiger partial charge in [-0.1, -0.05) is 71.8 Å². The zero-order valence-corrected chi connectivity index (χ0v) is 22.4. The van der Waals surface area contributed by atoms with Crippen LogP contribution in [0.25, 0.3) is 0 Å². The molecular formula is C33H29N3O5. The van der Waals surface area contributed by atoms with Crippen LogP contribution in [0, 0.1) is 30.6 Å². The average molecular weight is 548 g/mol. The highest BCUT2D eigenvalue weighted by Gasteiger charge is 2.69. The van der Waals surface area contributed by atoms with Gasteiger partial charge >= 0.3 is 0 Å². The highest BCUT2D eigenvalue weighted by Crippen LogP contribution is 2.63. The summed E-state index contributed by atoms with van der Waals surface area (Å²) < 4.78 is 0. The van der Waals surface area contributed by atoms with Crippen LogP contribution in [0.4, 0.5) is 5.69 Å². The van der Waals surface area contributed by atoms with Crippen molar-refractivity contribution >= 4 is 29.3 Å². The number of aryl methyl sites for hydroxylation is 1. The predicted molar refractivity (Wildman–Crippen MR) is 150 cm³/mol. The largest absolute Gasteiger partial charge is 0.508 e. The number of amides is 4. The Labute approximate surface area is 237 Å². The molecule has 2 heterocycles. The Morgan fingerprint density at radius 3 is 2.39 bits per heavy atom. The van der Waals surface area contributed by atoms with Crippen LogP contribution >= 0.6 is 0 Å². The molecule has 1 saturated carbocycles. The lowest BCUT2D eigenvalue weighted by atomic mass is 9.49. The maximum Gasteiger partial charge on any atom is 0.260 e. The predicted octanol–water partition coefficient (Wildman–Crippen LogP) is 3.97. The number of nitrogens with one attached hydrogen (secondary N) is 2. The summed E-state index contributed by atoms with van der Waals surface area (Å²) in [5.41, 5.74) is 5.62. The molecular weight excluding hydrogens is 518 g/mol. The first-order valence-electron chi connectivity index (χ1n) is 13.9. The minimum Gasteiger partial charge on any atom is -0.508 e. The summed E-state index contributed by atoms with van der Waals surface area (Å²) in [7, 11) is 0. The third kappa shape index (κ3) is 3.59. The SMILES string of the molecule is Cc1ccc(NN2C(=O)C3CC4C(=CCC5C(=O)NC(=O)C54)C(c4cccc(O)c4)C3(c3ccccc3)C2=O)cc1. The van der Waals surface area contributed by atoms with Crippen molar-refractivity contribution in [1.82, 2.24) is 10.3 Å². The van der Waals surface area contributed by atoms with Crippen molar-refractivity contribution < 1.29 is 24.3 Å². The van der Waals surface area contributed by atoms with Gasteiger partial charge in [0, 0.05) is 5.92 Å². The summed E-state index contributed by atoms with van der Waals surface area (Å²) in [6.45, 7) is 1.96. The van der Waals surface area contributed by atoms with Crippen LogP contribution in [-0.2, 0) is 24.6 Å². The highest BCUT2D eigenvalue weighted by molar-refractivity contribution is 6.13. The number of hydrogen-bond acceptors (Lipinski definition) is 6. The molecule has 4 amide bonds. The summed E-state index contributed by atoms with van der Waals surface area (Å²) in [6.07, 6.45) is 2.61. The molecule has 2 aliphatic heterocycles. The number of rotatable bonds is 4. The number of nitrogens with zero attached hydrogens (tertiary/aromatic N) is 1. The molecule has 206 valence electrons. The van der Waals surface area contributed by atoms with Gasteiger partial charge in [-0.05, 0) is 61.1 Å². The van der Waals surface area contributed by atoms with E-state index < -0.39 is 35.0 Å². The lowest BCUT2D eigenvalue weighted by Gasteiger charge is -2.50. The van der Waals surface area contributed by atoms with Gasteiger partial charge in [-0.3, -0.25) is 29.9 Å². The monoisotopic (exact) mass is 547 g/mol. The summed E-state index contributed by atoms with van der Waals surface area (Å²) in [5, 5.41) is 14.2. The van der Waals surface area contributed by atoms with Crippen LogP contribution in [0.5, 0.6) is 5.75 Å². The van der Waals surface area contributed by atoms with Crippen molar-refractivity contribution in [3.63, 3.8) is 0 Å². The average Bonchev–Trinajstić information content (AvgIpc) is 3.38. The van der Waals surface area contributed by atoms with Crippen LogP contribution < -0.4 is 10.7 Å². The maximum absolute atomic E-state index is 14.9. The lowest BCUT2D eigenvalue weighted by Crippen LogP contribution is -2.53. The van der Waals surface area contributed by atoms with Crippen molar-refractivity contribution in [2.45, 2.75) is 31.1 Å². The molecule has 0 radical (unpaired) electrons. The van der Waals surface area contributed by atoms with Gasteiger partial charge in [-0.15, -0.1) is 0 Å². The quantitative estimate of drug-likeness (QED) is 0.336. The van der Waals surface area contributed by atoms with Gasteiger partial charge < -0.3 is 5.11 Å². The Hall–Kier alpha value is -4.72. The van der Waals surface area contributed by atoms with Crippen LogP contribution in [0.2, 0.25) is 0 Å². The van der Waals surface area contributed by atoms with Crippen molar-refractivity contribution in [1.29, 1.82) is 0 Å². The van der Waals surface area contributed by atoms with Crippen LogP contribution in [0.1, 0.15) is 35.4 Å². The lowest BCUT2D eigenvalue weighted by molar-refractivity contribution is -0.138.